The van der Waals surface area contributed by atoms with E-state index in [1.54, 1.807) is 0 Å². The number of thiophene rings is 1. The second kappa shape index (κ2) is 39.9. The number of aromatic nitrogens is 9. The third kappa shape index (κ3) is 17.8. The molecule has 0 radical (unpaired) electrons. The predicted octanol–water partition coefficient (Wildman–Crippen LogP) is 35.8. The largest absolute Gasteiger partial charge is 0.455 e. The zero-order valence-corrected chi connectivity index (χ0v) is 80.3. The first-order valence-corrected chi connectivity index (χ1v) is 49.9. The smallest absolute Gasteiger partial charge is 0.167 e. The summed E-state index contributed by atoms with van der Waals surface area (Å²) in [6, 6.07) is 182. The number of rotatable bonds is 18. The molecule has 6 aromatic heterocycles. The molecule has 11 nitrogen and oxygen atoms in total. The van der Waals surface area contributed by atoms with E-state index in [-0.39, 0.29) is 0 Å². The number of fused-ring (bicyclic) bond motifs is 9. The lowest BCUT2D eigenvalue weighted by Gasteiger charge is -2.10. The average Bonchev–Trinajstić information content (AvgIpc) is 1.56. The SMILES string of the molecule is c1ccc(-c2ccc(-c3nc(-c4ccc(-c5ccccc5)cc4)nc(-c4cccc5c4oc4c(-c6ccccc6)ccc(-c6ccccc6)c45)n3)cc2)cc1.c1ccc(-c2ccc(-c3nc(-c4ccccc4)nc(-c4cccc5c4sc4c(-c6ccccc6)ccc(-c6ccccc6)c45)n3)cc2)cc1.c1ccc(-c2nc(-c3ccccc3)nc(-c3cccc4c3oc3c(-c5ccccc5)ccc(-c5ccccc5)c34)n2)cc1. The Hall–Kier alpha value is -19.5. The van der Waals surface area contributed by atoms with E-state index in [2.05, 4.69) is 400 Å². The fourth-order valence-electron chi connectivity index (χ4n) is 19.7. The van der Waals surface area contributed by atoms with E-state index in [9.17, 15) is 0 Å². The summed E-state index contributed by atoms with van der Waals surface area (Å²) in [6.07, 6.45) is 0. The average molecular weight is 1900 g/mol. The highest BCUT2D eigenvalue weighted by atomic mass is 32.1. The third-order valence-electron chi connectivity index (χ3n) is 26.9. The molecule has 690 valence electrons. The summed E-state index contributed by atoms with van der Waals surface area (Å²) in [7, 11) is 0. The molecule has 0 atom stereocenters. The first kappa shape index (κ1) is 88.9. The minimum atomic E-state index is 0.548. The summed E-state index contributed by atoms with van der Waals surface area (Å²) < 4.78 is 16.3. The lowest BCUT2D eigenvalue weighted by molar-refractivity contribution is 0.670. The molecule has 0 aliphatic rings. The van der Waals surface area contributed by atoms with E-state index in [4.69, 9.17) is 53.7 Å². The molecule has 6 heterocycles. The molecule has 0 fully saturated rings. The van der Waals surface area contributed by atoms with Gasteiger partial charge in [-0.25, -0.2) is 44.9 Å². The van der Waals surface area contributed by atoms with Crippen molar-refractivity contribution in [3.63, 3.8) is 0 Å². The Bertz CT molecular complexity index is 9270. The standard InChI is InChI=1S/C51H33N3O.C45H29N3S.C39H25N3O/c1-5-14-34(15-6-1)36-24-28-40(29-25-36)49-52-50(41-30-26-37(27-31-41)35-16-7-2-8-17-35)54-51(53-49)45-23-13-22-44-46-42(38-18-9-3-10-19-38)32-33-43(48(46)55-47(44)45)39-20-11-4-12-21-39;1-5-14-30(15-6-1)31-24-26-35(27-25-31)44-46-43(34-20-11-4-12-21-34)47-45(48-44)39-23-13-22-38-40-36(32-16-7-2-8-17-32)28-29-37(42(40)49-41(38)39)33-18-9-3-10-19-33;1-5-14-26(15-6-1)30-24-25-31(27-16-7-2-8-17-27)36-34(30)32-22-13-23-33(35(32)43-36)39-41-37(28-18-9-3-10-19-28)40-38(42-39)29-20-11-4-12-21-29/h1-33H;1-29H;1-25H. The van der Waals surface area contributed by atoms with Crippen molar-refractivity contribution in [3.05, 3.63) is 528 Å². The maximum Gasteiger partial charge on any atom is 0.167 e. The van der Waals surface area contributed by atoms with Crippen molar-refractivity contribution in [2.45, 2.75) is 0 Å². The minimum Gasteiger partial charge on any atom is -0.455 e. The lowest BCUT2D eigenvalue weighted by Crippen LogP contribution is -2.00. The summed E-state index contributed by atoms with van der Waals surface area (Å²) in [4.78, 5) is 45.6. The summed E-state index contributed by atoms with van der Waals surface area (Å²) in [5.41, 5.74) is 31.9. The zero-order valence-electron chi connectivity index (χ0n) is 79.5. The van der Waals surface area contributed by atoms with Crippen LogP contribution in [0.25, 0.3) is 267 Å². The molecule has 0 unspecified atom stereocenters. The molecule has 0 spiro atoms. The van der Waals surface area contributed by atoms with Crippen LogP contribution < -0.4 is 0 Å². The minimum absolute atomic E-state index is 0.548. The third-order valence-corrected chi connectivity index (χ3v) is 28.2. The van der Waals surface area contributed by atoms with Crippen LogP contribution in [0.5, 0.6) is 0 Å². The highest BCUT2D eigenvalue weighted by molar-refractivity contribution is 7.27. The Kier molecular flexibility index (Phi) is 24.1. The van der Waals surface area contributed by atoms with Crippen molar-refractivity contribution < 1.29 is 8.83 Å². The highest BCUT2D eigenvalue weighted by Crippen LogP contribution is 2.51. The molecule has 0 saturated heterocycles. The van der Waals surface area contributed by atoms with Crippen LogP contribution in [0.2, 0.25) is 0 Å². The molecule has 21 aromatic carbocycles. The van der Waals surface area contributed by atoms with Gasteiger partial charge in [0.25, 0.3) is 0 Å². The van der Waals surface area contributed by atoms with Crippen LogP contribution in [-0.4, -0.2) is 44.9 Å². The summed E-state index contributed by atoms with van der Waals surface area (Å²) in [5.74, 6) is 5.50. The van der Waals surface area contributed by atoms with E-state index in [0.29, 0.717) is 52.4 Å². The van der Waals surface area contributed by atoms with Crippen molar-refractivity contribution in [1.82, 2.24) is 44.9 Å². The van der Waals surface area contributed by atoms with Crippen LogP contribution in [0.3, 0.4) is 0 Å². The normalized spacial score (nSPS) is 11.3. The number of para-hydroxylation sites is 2. The van der Waals surface area contributed by atoms with Gasteiger partial charge in [-0.2, -0.15) is 0 Å². The molecule has 27 rings (SSSR count). The van der Waals surface area contributed by atoms with Crippen LogP contribution in [0.1, 0.15) is 0 Å². The molecule has 0 aliphatic carbocycles. The summed E-state index contributed by atoms with van der Waals surface area (Å²) >= 11 is 1.82. The molecule has 147 heavy (non-hydrogen) atoms. The topological polar surface area (TPSA) is 142 Å². The van der Waals surface area contributed by atoms with Gasteiger partial charge in [0.15, 0.2) is 52.4 Å². The van der Waals surface area contributed by atoms with Crippen molar-refractivity contribution >= 4 is 75.4 Å². The van der Waals surface area contributed by atoms with Gasteiger partial charge in [0, 0.05) is 91.8 Å². The molecule has 0 N–H and O–H groups in total. The molecular weight excluding hydrogens is 1810 g/mol. The first-order valence-electron chi connectivity index (χ1n) is 49.1. The molecule has 0 bridgehead atoms. The highest BCUT2D eigenvalue weighted by Gasteiger charge is 2.28. The van der Waals surface area contributed by atoms with E-state index in [0.717, 1.165) is 171 Å². The number of nitrogens with zero attached hydrogens (tertiary/aromatic N) is 9. The van der Waals surface area contributed by atoms with Crippen LogP contribution in [-0.2, 0) is 0 Å². The van der Waals surface area contributed by atoms with E-state index < -0.39 is 0 Å². The van der Waals surface area contributed by atoms with Crippen molar-refractivity contribution in [1.29, 1.82) is 0 Å². The Labute approximate surface area is 853 Å². The van der Waals surface area contributed by atoms with Crippen molar-refractivity contribution in [2.75, 3.05) is 0 Å². The number of hydrogen-bond donors (Lipinski definition) is 0. The zero-order chi connectivity index (χ0) is 97.7. The predicted molar refractivity (Wildman–Crippen MR) is 605 cm³/mol. The monoisotopic (exact) mass is 1900 g/mol. The number of hydrogen-bond acceptors (Lipinski definition) is 12. The Morgan fingerprint density at radius 1 is 0.116 bits per heavy atom. The Balaban J connectivity index is 0.000000116. The van der Waals surface area contributed by atoms with E-state index >= 15 is 0 Å². The van der Waals surface area contributed by atoms with Gasteiger partial charge in [0.1, 0.15) is 22.3 Å². The van der Waals surface area contributed by atoms with Gasteiger partial charge in [-0.1, -0.05) is 497 Å². The second-order valence-corrected chi connectivity index (χ2v) is 37.0. The van der Waals surface area contributed by atoms with Gasteiger partial charge < -0.3 is 8.83 Å². The molecular formula is C135H87N9O2S. The number of benzene rings is 21. The van der Waals surface area contributed by atoms with Gasteiger partial charge in [-0.3, -0.25) is 0 Å². The fraction of sp³-hybridized carbons (Fsp3) is 0. The van der Waals surface area contributed by atoms with Crippen molar-refractivity contribution in [3.8, 4) is 203 Å². The molecule has 0 aliphatic heterocycles. The van der Waals surface area contributed by atoms with Crippen LogP contribution in [0.4, 0.5) is 0 Å². The van der Waals surface area contributed by atoms with Gasteiger partial charge in [0.2, 0.25) is 0 Å². The number of furan rings is 2. The molecule has 27 aromatic rings. The van der Waals surface area contributed by atoms with Gasteiger partial charge in [0.05, 0.1) is 11.1 Å². The molecule has 12 heteroatoms. The fourth-order valence-corrected chi connectivity index (χ4v) is 21.1. The Morgan fingerprint density at radius 2 is 0.313 bits per heavy atom. The van der Waals surface area contributed by atoms with Gasteiger partial charge >= 0.3 is 0 Å². The van der Waals surface area contributed by atoms with Gasteiger partial charge in [-0.15, -0.1) is 11.3 Å². The first-order chi connectivity index (χ1) is 72.9. The van der Waals surface area contributed by atoms with E-state index in [1.165, 1.54) is 43.3 Å². The second-order valence-electron chi connectivity index (χ2n) is 36.0. The Morgan fingerprint density at radius 3 is 0.605 bits per heavy atom. The van der Waals surface area contributed by atoms with Gasteiger partial charge in [-0.05, 0) is 119 Å². The van der Waals surface area contributed by atoms with E-state index in [1.807, 2.05) is 139 Å². The van der Waals surface area contributed by atoms with Crippen LogP contribution >= 0.6 is 11.3 Å². The summed E-state index contributed by atoms with van der Waals surface area (Å²) in [5, 5.41) is 6.61. The van der Waals surface area contributed by atoms with Crippen molar-refractivity contribution in [2.24, 2.45) is 0 Å². The summed E-state index contributed by atoms with van der Waals surface area (Å²) in [6.45, 7) is 0. The molecule has 0 saturated carbocycles. The van der Waals surface area contributed by atoms with Crippen LogP contribution in [0, 0.1) is 0 Å². The van der Waals surface area contributed by atoms with Crippen LogP contribution in [0.15, 0.2) is 537 Å². The maximum absolute atomic E-state index is 7.01. The quantitative estimate of drug-likeness (QED) is 0.0810. The molecule has 0 amide bonds. The maximum atomic E-state index is 7.01. The lowest BCUT2D eigenvalue weighted by atomic mass is 9.94.